The Morgan fingerprint density at radius 3 is 2.86 bits per heavy atom. The fraction of sp³-hybridized carbons (Fsp3) is 0.471. The van der Waals surface area contributed by atoms with Crippen molar-refractivity contribution in [2.45, 2.75) is 38.2 Å². The second-order valence-electron chi connectivity index (χ2n) is 5.68. The number of nitrogen functional groups attached to an aromatic ring is 1. The van der Waals surface area contributed by atoms with Gasteiger partial charge in [0.15, 0.2) is 0 Å². The zero-order valence-electron chi connectivity index (χ0n) is 12.3. The number of ether oxygens (including phenoxy) is 1. The number of anilines is 2. The molecule has 1 fully saturated rings. The molecule has 2 aromatic rings. The van der Waals surface area contributed by atoms with Crippen LogP contribution in [0.2, 0.25) is 0 Å². The number of aromatic nitrogens is 1. The normalized spacial score (nSPS) is 16.2. The highest BCUT2D eigenvalue weighted by Crippen LogP contribution is 2.27. The molecule has 112 valence electrons. The monoisotopic (exact) mass is 285 g/mol. The van der Waals surface area contributed by atoms with Crippen molar-refractivity contribution in [2.24, 2.45) is 0 Å². The predicted octanol–water partition coefficient (Wildman–Crippen LogP) is 3.58. The van der Waals surface area contributed by atoms with E-state index in [-0.39, 0.29) is 0 Å². The minimum absolute atomic E-state index is 0.463. The van der Waals surface area contributed by atoms with Gasteiger partial charge in [0.2, 0.25) is 0 Å². The Kier molecular flexibility index (Phi) is 4.55. The van der Waals surface area contributed by atoms with Crippen molar-refractivity contribution in [1.29, 1.82) is 0 Å². The number of rotatable bonds is 5. The van der Waals surface area contributed by atoms with Crippen molar-refractivity contribution in [3.63, 3.8) is 0 Å². The van der Waals surface area contributed by atoms with E-state index in [0.717, 1.165) is 35.3 Å². The van der Waals surface area contributed by atoms with Crippen LogP contribution < -0.4 is 11.1 Å². The molecular weight excluding hydrogens is 262 g/mol. The van der Waals surface area contributed by atoms with Crippen LogP contribution in [0.4, 0.5) is 11.4 Å². The molecule has 1 aromatic heterocycles. The summed E-state index contributed by atoms with van der Waals surface area (Å²) in [4.78, 5) is 4.19. The van der Waals surface area contributed by atoms with Crippen LogP contribution in [0.1, 0.15) is 32.1 Å². The summed E-state index contributed by atoms with van der Waals surface area (Å²) >= 11 is 0. The Bertz CT molecular complexity index is 594. The Morgan fingerprint density at radius 1 is 1.14 bits per heavy atom. The van der Waals surface area contributed by atoms with Crippen LogP contribution in [0.15, 0.2) is 30.6 Å². The van der Waals surface area contributed by atoms with Crippen LogP contribution in [0.3, 0.4) is 0 Å². The van der Waals surface area contributed by atoms with Gasteiger partial charge in [0, 0.05) is 41.1 Å². The first kappa shape index (κ1) is 14.1. The number of nitrogens with zero attached hydrogens (tertiary/aromatic N) is 1. The van der Waals surface area contributed by atoms with E-state index in [1.54, 1.807) is 6.20 Å². The summed E-state index contributed by atoms with van der Waals surface area (Å²) in [6.07, 6.45) is 10.5. The molecule has 3 rings (SSSR count). The minimum atomic E-state index is 0.463. The largest absolute Gasteiger partial charge is 0.398 e. The molecule has 3 N–H and O–H groups in total. The van der Waals surface area contributed by atoms with Crippen molar-refractivity contribution in [1.82, 2.24) is 4.98 Å². The molecule has 0 amide bonds. The molecule has 0 radical (unpaired) electrons. The van der Waals surface area contributed by atoms with Gasteiger partial charge in [-0.2, -0.15) is 0 Å². The Hall–Kier alpha value is -1.81. The number of hydrogen-bond donors (Lipinski definition) is 2. The van der Waals surface area contributed by atoms with E-state index in [4.69, 9.17) is 10.5 Å². The maximum absolute atomic E-state index is 6.00. The number of fused-ring (bicyclic) bond motifs is 1. The number of nitrogens with one attached hydrogen (secondary N) is 1. The van der Waals surface area contributed by atoms with Gasteiger partial charge in [0.25, 0.3) is 0 Å². The molecule has 4 heteroatoms. The highest BCUT2D eigenvalue weighted by Gasteiger charge is 2.13. The molecule has 0 spiro atoms. The summed E-state index contributed by atoms with van der Waals surface area (Å²) in [7, 11) is 0. The van der Waals surface area contributed by atoms with Gasteiger partial charge in [-0.15, -0.1) is 0 Å². The maximum Gasteiger partial charge on any atom is 0.0642 e. The summed E-state index contributed by atoms with van der Waals surface area (Å²) in [5.74, 6) is 0. The second-order valence-corrected chi connectivity index (χ2v) is 5.68. The predicted molar refractivity (Wildman–Crippen MR) is 87.5 cm³/mol. The van der Waals surface area contributed by atoms with Crippen molar-refractivity contribution in [3.05, 3.63) is 30.6 Å². The average molecular weight is 285 g/mol. The minimum Gasteiger partial charge on any atom is -0.398 e. The summed E-state index contributed by atoms with van der Waals surface area (Å²) in [5.41, 5.74) is 7.85. The van der Waals surface area contributed by atoms with Crippen LogP contribution in [0.5, 0.6) is 0 Å². The molecule has 1 saturated carbocycles. The van der Waals surface area contributed by atoms with Gasteiger partial charge >= 0.3 is 0 Å². The summed E-state index contributed by atoms with van der Waals surface area (Å²) < 4.78 is 5.94. The molecule has 0 bridgehead atoms. The SMILES string of the molecule is Nc1ccc(NCCOC2CCCCC2)c2cnccc12. The van der Waals surface area contributed by atoms with Crippen LogP contribution in [-0.2, 0) is 4.74 Å². The topological polar surface area (TPSA) is 60.2 Å². The molecule has 21 heavy (non-hydrogen) atoms. The number of nitrogens with two attached hydrogens (primary N) is 1. The zero-order chi connectivity index (χ0) is 14.5. The van der Waals surface area contributed by atoms with Gasteiger partial charge < -0.3 is 15.8 Å². The van der Waals surface area contributed by atoms with Crippen molar-refractivity contribution < 1.29 is 4.74 Å². The first-order valence-electron chi connectivity index (χ1n) is 7.82. The second kappa shape index (κ2) is 6.76. The van der Waals surface area contributed by atoms with Crippen LogP contribution in [0.25, 0.3) is 10.8 Å². The Labute approximate surface area is 125 Å². The lowest BCUT2D eigenvalue weighted by atomic mass is 9.98. The molecule has 0 unspecified atom stereocenters. The fourth-order valence-electron chi connectivity index (χ4n) is 3.01. The quantitative estimate of drug-likeness (QED) is 0.651. The highest BCUT2D eigenvalue weighted by molar-refractivity contribution is 6.00. The van der Waals surface area contributed by atoms with E-state index in [1.807, 2.05) is 24.4 Å². The third-order valence-electron chi connectivity index (χ3n) is 4.18. The lowest BCUT2D eigenvalue weighted by Crippen LogP contribution is -2.20. The van der Waals surface area contributed by atoms with Crippen molar-refractivity contribution in [2.75, 3.05) is 24.2 Å². The number of benzene rings is 1. The van der Waals surface area contributed by atoms with E-state index in [0.29, 0.717) is 6.10 Å². The molecule has 1 aliphatic rings. The Balaban J connectivity index is 1.57. The molecule has 1 aromatic carbocycles. The van der Waals surface area contributed by atoms with Crippen LogP contribution >= 0.6 is 0 Å². The summed E-state index contributed by atoms with van der Waals surface area (Å²) in [6.45, 7) is 1.56. The lowest BCUT2D eigenvalue weighted by Gasteiger charge is -2.22. The van der Waals surface area contributed by atoms with Crippen LogP contribution in [-0.4, -0.2) is 24.2 Å². The highest BCUT2D eigenvalue weighted by atomic mass is 16.5. The lowest BCUT2D eigenvalue weighted by molar-refractivity contribution is 0.0347. The van der Waals surface area contributed by atoms with E-state index >= 15 is 0 Å². The molecule has 1 aliphatic carbocycles. The molecule has 1 heterocycles. The molecule has 4 nitrogen and oxygen atoms in total. The fourth-order valence-corrected chi connectivity index (χ4v) is 3.01. The number of pyridine rings is 1. The zero-order valence-corrected chi connectivity index (χ0v) is 12.3. The molecule has 0 saturated heterocycles. The standard InChI is InChI=1S/C17H23N3O/c18-16-6-7-17(15-12-19-9-8-14(15)16)20-10-11-21-13-4-2-1-3-5-13/h6-9,12-13,20H,1-5,10-11,18H2. The Morgan fingerprint density at radius 2 is 2.00 bits per heavy atom. The third-order valence-corrected chi connectivity index (χ3v) is 4.18. The van der Waals surface area contributed by atoms with Gasteiger partial charge in [-0.1, -0.05) is 19.3 Å². The molecule has 0 atom stereocenters. The van der Waals surface area contributed by atoms with E-state index in [1.165, 1.54) is 32.1 Å². The molecular formula is C17H23N3O. The van der Waals surface area contributed by atoms with Gasteiger partial charge in [-0.25, -0.2) is 0 Å². The van der Waals surface area contributed by atoms with E-state index in [9.17, 15) is 0 Å². The van der Waals surface area contributed by atoms with Gasteiger partial charge in [0.1, 0.15) is 0 Å². The average Bonchev–Trinajstić information content (AvgIpc) is 2.55. The van der Waals surface area contributed by atoms with E-state index < -0.39 is 0 Å². The molecule has 0 aliphatic heterocycles. The van der Waals surface area contributed by atoms with Crippen molar-refractivity contribution >= 4 is 22.1 Å². The van der Waals surface area contributed by atoms with E-state index in [2.05, 4.69) is 10.3 Å². The summed E-state index contributed by atoms with van der Waals surface area (Å²) in [5, 5.41) is 5.54. The van der Waals surface area contributed by atoms with Gasteiger partial charge in [-0.3, -0.25) is 4.98 Å². The van der Waals surface area contributed by atoms with Gasteiger partial charge in [-0.05, 0) is 31.0 Å². The summed E-state index contributed by atoms with van der Waals surface area (Å²) in [6, 6.07) is 5.90. The first-order valence-corrected chi connectivity index (χ1v) is 7.82. The third kappa shape index (κ3) is 3.45. The maximum atomic E-state index is 6.00. The van der Waals surface area contributed by atoms with Crippen LogP contribution in [0, 0.1) is 0 Å². The smallest absolute Gasteiger partial charge is 0.0642 e. The van der Waals surface area contributed by atoms with Gasteiger partial charge in [0.05, 0.1) is 12.7 Å². The first-order chi connectivity index (χ1) is 10.3. The number of hydrogen-bond acceptors (Lipinski definition) is 4. The van der Waals surface area contributed by atoms with Crippen molar-refractivity contribution in [3.8, 4) is 0 Å².